The van der Waals surface area contributed by atoms with Gasteiger partial charge in [0.15, 0.2) is 0 Å². The molecule has 0 unspecified atom stereocenters. The lowest BCUT2D eigenvalue weighted by Gasteiger charge is -2.00. The van der Waals surface area contributed by atoms with Crippen molar-refractivity contribution in [2.75, 3.05) is 0 Å². The van der Waals surface area contributed by atoms with E-state index in [4.69, 9.17) is 16.3 Å². The van der Waals surface area contributed by atoms with Crippen LogP contribution in [0.3, 0.4) is 0 Å². The van der Waals surface area contributed by atoms with Crippen LogP contribution < -0.4 is 4.74 Å². The van der Waals surface area contributed by atoms with E-state index in [2.05, 4.69) is 6.58 Å². The Bertz CT molecular complexity index is 273. The third-order valence-corrected chi connectivity index (χ3v) is 1.42. The van der Waals surface area contributed by atoms with Crippen molar-refractivity contribution in [2.24, 2.45) is 0 Å². The lowest BCUT2D eigenvalue weighted by atomic mass is 10.3. The Balaban J connectivity index is 3.01. The number of ether oxygens (including phenoxy) is 1. The van der Waals surface area contributed by atoms with E-state index >= 15 is 0 Å². The van der Waals surface area contributed by atoms with E-state index in [-0.39, 0.29) is 11.6 Å². The van der Waals surface area contributed by atoms with Crippen molar-refractivity contribution < 1.29 is 9.13 Å². The molecular formula is C8H6ClFO. The third-order valence-electron chi connectivity index (χ3n) is 1.10. The van der Waals surface area contributed by atoms with Crippen LogP contribution in [0.2, 0.25) is 5.02 Å². The molecule has 0 heterocycles. The molecule has 1 aromatic carbocycles. The van der Waals surface area contributed by atoms with Gasteiger partial charge >= 0.3 is 0 Å². The lowest BCUT2D eigenvalue weighted by molar-refractivity contribution is 0.477. The Morgan fingerprint density at radius 3 is 2.91 bits per heavy atom. The van der Waals surface area contributed by atoms with E-state index in [0.717, 1.165) is 0 Å². The first kappa shape index (κ1) is 8.08. The van der Waals surface area contributed by atoms with Gasteiger partial charge in [-0.25, -0.2) is 4.39 Å². The number of hydrogen-bond donors (Lipinski definition) is 0. The standard InChI is InChI=1S/C8H6ClFO/c1-2-11-8-5-6(10)3-4-7(8)9/h2-5H,1H2. The number of hydrogen-bond acceptors (Lipinski definition) is 1. The van der Waals surface area contributed by atoms with Crippen LogP contribution in [0.25, 0.3) is 0 Å². The smallest absolute Gasteiger partial charge is 0.147 e. The SMILES string of the molecule is C=COc1cc(F)ccc1Cl. The summed E-state index contributed by atoms with van der Waals surface area (Å²) in [6.45, 7) is 3.32. The van der Waals surface area contributed by atoms with Gasteiger partial charge in [0.25, 0.3) is 0 Å². The predicted octanol–water partition coefficient (Wildman–Crippen LogP) is 3.00. The minimum Gasteiger partial charge on any atom is -0.464 e. The Morgan fingerprint density at radius 1 is 1.55 bits per heavy atom. The van der Waals surface area contributed by atoms with Gasteiger partial charge in [0.2, 0.25) is 0 Å². The van der Waals surface area contributed by atoms with Crippen LogP contribution in [-0.4, -0.2) is 0 Å². The first-order valence-corrected chi connectivity index (χ1v) is 3.34. The molecule has 1 rings (SSSR count). The second-order valence-electron chi connectivity index (χ2n) is 1.86. The highest BCUT2D eigenvalue weighted by Crippen LogP contribution is 2.24. The quantitative estimate of drug-likeness (QED) is 0.624. The van der Waals surface area contributed by atoms with Gasteiger partial charge in [-0.15, -0.1) is 0 Å². The average molecular weight is 173 g/mol. The summed E-state index contributed by atoms with van der Waals surface area (Å²) in [5, 5.41) is 0.367. The fourth-order valence-corrected chi connectivity index (χ4v) is 0.819. The Labute approximate surface area is 69.1 Å². The molecule has 0 saturated heterocycles. The molecule has 0 atom stereocenters. The molecule has 0 amide bonds. The first-order chi connectivity index (χ1) is 5.24. The Kier molecular flexibility index (Phi) is 2.49. The zero-order valence-corrected chi connectivity index (χ0v) is 6.44. The number of rotatable bonds is 2. The maximum Gasteiger partial charge on any atom is 0.147 e. The van der Waals surface area contributed by atoms with E-state index in [1.165, 1.54) is 24.5 Å². The van der Waals surface area contributed by atoms with Crippen molar-refractivity contribution in [1.82, 2.24) is 0 Å². The van der Waals surface area contributed by atoms with Gasteiger partial charge in [0.1, 0.15) is 11.6 Å². The molecule has 0 N–H and O–H groups in total. The van der Waals surface area contributed by atoms with Gasteiger partial charge < -0.3 is 4.74 Å². The molecule has 0 radical (unpaired) electrons. The van der Waals surface area contributed by atoms with Gasteiger partial charge in [0.05, 0.1) is 11.3 Å². The summed E-state index contributed by atoms with van der Waals surface area (Å²) in [5.74, 6) is -0.104. The summed E-state index contributed by atoms with van der Waals surface area (Å²) in [7, 11) is 0. The van der Waals surface area contributed by atoms with Crippen molar-refractivity contribution in [3.05, 3.63) is 41.9 Å². The van der Waals surface area contributed by atoms with E-state index in [1.807, 2.05) is 0 Å². The highest BCUT2D eigenvalue weighted by Gasteiger charge is 2.00. The van der Waals surface area contributed by atoms with Crippen LogP contribution in [0.4, 0.5) is 4.39 Å². The fourth-order valence-electron chi connectivity index (χ4n) is 0.657. The molecule has 1 aromatic rings. The zero-order chi connectivity index (χ0) is 8.27. The average Bonchev–Trinajstić information content (AvgIpc) is 1.98. The number of halogens is 2. The molecule has 3 heteroatoms. The lowest BCUT2D eigenvalue weighted by Crippen LogP contribution is -1.83. The van der Waals surface area contributed by atoms with Gasteiger partial charge in [-0.05, 0) is 12.1 Å². The molecule has 0 spiro atoms. The summed E-state index contributed by atoms with van der Waals surface area (Å²) >= 11 is 5.64. The topological polar surface area (TPSA) is 9.23 Å². The second kappa shape index (κ2) is 3.39. The number of benzene rings is 1. The van der Waals surface area contributed by atoms with Crippen LogP contribution in [0, 0.1) is 5.82 Å². The van der Waals surface area contributed by atoms with Crippen molar-refractivity contribution in [3.8, 4) is 5.75 Å². The van der Waals surface area contributed by atoms with Crippen LogP contribution in [0.5, 0.6) is 5.75 Å². The van der Waals surface area contributed by atoms with E-state index in [0.29, 0.717) is 5.02 Å². The second-order valence-corrected chi connectivity index (χ2v) is 2.27. The summed E-state index contributed by atoms with van der Waals surface area (Å²) in [5.41, 5.74) is 0. The maximum absolute atomic E-state index is 12.5. The molecule has 0 aliphatic rings. The van der Waals surface area contributed by atoms with Crippen molar-refractivity contribution in [2.45, 2.75) is 0 Å². The van der Waals surface area contributed by atoms with E-state index in [1.54, 1.807) is 0 Å². The summed E-state index contributed by atoms with van der Waals surface area (Å²) in [6.07, 6.45) is 1.20. The molecule has 0 aromatic heterocycles. The van der Waals surface area contributed by atoms with Crippen molar-refractivity contribution in [1.29, 1.82) is 0 Å². The van der Waals surface area contributed by atoms with Gasteiger partial charge in [-0.1, -0.05) is 18.2 Å². The summed E-state index contributed by atoms with van der Waals surface area (Å²) < 4.78 is 17.3. The van der Waals surface area contributed by atoms with Crippen molar-refractivity contribution in [3.63, 3.8) is 0 Å². The molecule has 58 valence electrons. The Hall–Kier alpha value is -1.02. The van der Waals surface area contributed by atoms with Crippen LogP contribution >= 0.6 is 11.6 Å². The first-order valence-electron chi connectivity index (χ1n) is 2.96. The molecular weight excluding hydrogens is 167 g/mol. The van der Waals surface area contributed by atoms with Crippen LogP contribution in [0.1, 0.15) is 0 Å². The molecule has 1 nitrogen and oxygen atoms in total. The monoisotopic (exact) mass is 172 g/mol. The van der Waals surface area contributed by atoms with Crippen molar-refractivity contribution >= 4 is 11.6 Å². The van der Waals surface area contributed by atoms with Gasteiger partial charge in [-0.2, -0.15) is 0 Å². The molecule has 0 saturated carbocycles. The largest absolute Gasteiger partial charge is 0.464 e. The molecule has 0 aliphatic carbocycles. The predicted molar refractivity (Wildman–Crippen MR) is 42.2 cm³/mol. The zero-order valence-electron chi connectivity index (χ0n) is 5.68. The molecule has 0 fully saturated rings. The summed E-state index contributed by atoms with van der Waals surface area (Å²) in [6, 6.07) is 3.89. The molecule has 0 aliphatic heterocycles. The van der Waals surface area contributed by atoms with Gasteiger partial charge in [0, 0.05) is 6.07 Å². The maximum atomic E-state index is 12.5. The molecule has 0 bridgehead atoms. The van der Waals surface area contributed by atoms with Crippen LogP contribution in [0.15, 0.2) is 31.0 Å². The molecule has 11 heavy (non-hydrogen) atoms. The third kappa shape index (κ3) is 1.95. The minimum atomic E-state index is -0.383. The highest BCUT2D eigenvalue weighted by molar-refractivity contribution is 6.32. The van der Waals surface area contributed by atoms with E-state index < -0.39 is 0 Å². The summed E-state index contributed by atoms with van der Waals surface area (Å²) in [4.78, 5) is 0. The fraction of sp³-hybridized carbons (Fsp3) is 0. The van der Waals surface area contributed by atoms with E-state index in [9.17, 15) is 4.39 Å². The van der Waals surface area contributed by atoms with Gasteiger partial charge in [-0.3, -0.25) is 0 Å². The highest BCUT2D eigenvalue weighted by atomic mass is 35.5. The normalized spacial score (nSPS) is 9.27. The minimum absolute atomic E-state index is 0.279. The van der Waals surface area contributed by atoms with Crippen LogP contribution in [-0.2, 0) is 0 Å². The Morgan fingerprint density at radius 2 is 2.27 bits per heavy atom.